The molecule has 0 radical (unpaired) electrons. The van der Waals surface area contributed by atoms with E-state index < -0.39 is 15.4 Å². The summed E-state index contributed by atoms with van der Waals surface area (Å²) in [6.45, 7) is 12.7. The molecule has 0 bridgehead atoms. The molecule has 39 heavy (non-hydrogen) atoms. The van der Waals surface area contributed by atoms with Gasteiger partial charge in [-0.2, -0.15) is 0 Å². The second-order valence-corrected chi connectivity index (χ2v) is 14.0. The lowest BCUT2D eigenvalue weighted by Crippen LogP contribution is -2.38. The number of allylic oxidation sites excluding steroid dienone is 1. The molecule has 1 aromatic heterocycles. The number of carbonyl (C=O) groups excluding carboxylic acids is 1. The average molecular weight is 549 g/mol. The summed E-state index contributed by atoms with van der Waals surface area (Å²) in [4.78, 5) is 19.3. The van der Waals surface area contributed by atoms with Gasteiger partial charge in [0.2, 0.25) is 10.0 Å². The molecule has 3 aromatic rings. The Kier molecular flexibility index (Phi) is 7.69. The molecule has 4 rings (SSSR count). The van der Waals surface area contributed by atoms with Crippen LogP contribution < -0.4 is 4.72 Å². The zero-order valence-corrected chi connectivity index (χ0v) is 24.9. The highest BCUT2D eigenvalue weighted by Crippen LogP contribution is 2.47. The third kappa shape index (κ3) is 5.74. The number of nitrogens with one attached hydrogen (secondary N) is 1. The molecule has 1 atom stereocenters. The molecule has 208 valence electrons. The number of hydrogen-bond donors (Lipinski definition) is 2. The Morgan fingerprint density at radius 1 is 1.05 bits per heavy atom. The second-order valence-electron chi connectivity index (χ2n) is 12.2. The zero-order chi connectivity index (χ0) is 28.8. The van der Waals surface area contributed by atoms with E-state index in [0.717, 1.165) is 42.0 Å². The summed E-state index contributed by atoms with van der Waals surface area (Å²) in [6, 6.07) is 14.8. The summed E-state index contributed by atoms with van der Waals surface area (Å²) >= 11 is 0. The summed E-state index contributed by atoms with van der Waals surface area (Å²) in [6.07, 6.45) is 4.35. The van der Waals surface area contributed by atoms with Crippen molar-refractivity contribution in [2.45, 2.75) is 78.6 Å². The van der Waals surface area contributed by atoms with Crippen molar-refractivity contribution in [1.29, 1.82) is 0 Å². The van der Waals surface area contributed by atoms with Gasteiger partial charge in [-0.3, -0.25) is 9.52 Å². The number of aliphatic hydroxyl groups excluding tert-OH is 1. The molecule has 1 aliphatic rings. The molecular formula is C32H40N2O4S. The van der Waals surface area contributed by atoms with Gasteiger partial charge < -0.3 is 5.11 Å². The Bertz CT molecular complexity index is 1560. The number of carbonyl (C=O) groups is 1. The fourth-order valence-corrected chi connectivity index (χ4v) is 6.20. The highest BCUT2D eigenvalue weighted by molar-refractivity contribution is 7.92. The van der Waals surface area contributed by atoms with Crippen LogP contribution in [0.3, 0.4) is 0 Å². The molecule has 0 amide bonds. The van der Waals surface area contributed by atoms with E-state index in [2.05, 4.69) is 39.3 Å². The van der Waals surface area contributed by atoms with Crippen LogP contribution in [-0.2, 0) is 20.2 Å². The van der Waals surface area contributed by atoms with Crippen molar-refractivity contribution in [2.24, 2.45) is 5.41 Å². The van der Waals surface area contributed by atoms with Gasteiger partial charge in [-0.05, 0) is 79.3 Å². The molecule has 0 unspecified atom stereocenters. The van der Waals surface area contributed by atoms with Crippen LogP contribution in [-0.4, -0.2) is 30.5 Å². The van der Waals surface area contributed by atoms with Crippen molar-refractivity contribution in [2.75, 3.05) is 11.0 Å². The predicted molar refractivity (Wildman–Crippen MR) is 160 cm³/mol. The van der Waals surface area contributed by atoms with E-state index in [-0.39, 0.29) is 28.4 Å². The van der Waals surface area contributed by atoms with E-state index in [1.54, 1.807) is 18.2 Å². The van der Waals surface area contributed by atoms with Crippen LogP contribution in [0, 0.1) is 5.41 Å². The number of ketones is 1. The minimum Gasteiger partial charge on any atom is -0.506 e. The monoisotopic (exact) mass is 548 g/mol. The number of rotatable bonds is 8. The Balaban J connectivity index is 1.96. The topological polar surface area (TPSA) is 96.4 Å². The first-order valence-electron chi connectivity index (χ1n) is 13.7. The molecule has 1 aliphatic carbocycles. The van der Waals surface area contributed by atoms with Crippen LogP contribution in [0.15, 0.2) is 48.5 Å². The standard InChI is InChI=1S/C32H40N2O4S/c1-8-20(9-2)23-19-27(33-26-15-14-21(18-24(23)26)34-39(7,37)38)28-29(35)22-12-10-11-13-25(22)32(6,30(28)36)17-16-31(3,4)5/h10-15,18-20,34-35H,8-9,16-17H2,1-7H3/t32-/m1/s1. The van der Waals surface area contributed by atoms with E-state index >= 15 is 0 Å². The largest absolute Gasteiger partial charge is 0.506 e. The van der Waals surface area contributed by atoms with Crippen LogP contribution in [0.1, 0.15) is 95.5 Å². The van der Waals surface area contributed by atoms with Gasteiger partial charge in [0, 0.05) is 16.6 Å². The van der Waals surface area contributed by atoms with Crippen molar-refractivity contribution >= 4 is 43.7 Å². The van der Waals surface area contributed by atoms with Gasteiger partial charge in [-0.1, -0.05) is 58.9 Å². The van der Waals surface area contributed by atoms with Gasteiger partial charge in [0.15, 0.2) is 5.78 Å². The van der Waals surface area contributed by atoms with Crippen LogP contribution in [0.5, 0.6) is 0 Å². The van der Waals surface area contributed by atoms with E-state index in [4.69, 9.17) is 4.98 Å². The quantitative estimate of drug-likeness (QED) is 0.302. The second kappa shape index (κ2) is 10.4. The van der Waals surface area contributed by atoms with E-state index in [1.807, 2.05) is 37.3 Å². The van der Waals surface area contributed by atoms with Crippen LogP contribution in [0.25, 0.3) is 22.2 Å². The molecule has 6 nitrogen and oxygen atoms in total. The highest BCUT2D eigenvalue weighted by atomic mass is 32.2. The van der Waals surface area contributed by atoms with Crippen molar-refractivity contribution < 1.29 is 18.3 Å². The molecule has 1 heterocycles. The fraction of sp³-hybridized carbons (Fsp3) is 0.438. The lowest BCUT2D eigenvalue weighted by Gasteiger charge is -2.37. The Labute approximate surface area is 232 Å². The smallest absolute Gasteiger partial charge is 0.229 e. The lowest BCUT2D eigenvalue weighted by molar-refractivity contribution is -0.119. The van der Waals surface area contributed by atoms with Crippen LogP contribution >= 0.6 is 0 Å². The minimum absolute atomic E-state index is 0.0402. The van der Waals surface area contributed by atoms with Crippen LogP contribution in [0.4, 0.5) is 5.69 Å². The molecule has 0 saturated heterocycles. The number of fused-ring (bicyclic) bond motifs is 2. The predicted octanol–water partition coefficient (Wildman–Crippen LogP) is 7.60. The maximum atomic E-state index is 14.4. The number of pyridine rings is 1. The fourth-order valence-electron chi connectivity index (χ4n) is 5.65. The van der Waals surface area contributed by atoms with E-state index in [9.17, 15) is 18.3 Å². The third-order valence-corrected chi connectivity index (χ3v) is 8.55. The van der Waals surface area contributed by atoms with Gasteiger partial charge in [0.25, 0.3) is 0 Å². The molecule has 0 fully saturated rings. The molecule has 0 aliphatic heterocycles. The Hall–Kier alpha value is -3.19. The van der Waals surface area contributed by atoms with Gasteiger partial charge in [-0.25, -0.2) is 13.4 Å². The average Bonchev–Trinajstić information content (AvgIpc) is 2.86. The first-order chi connectivity index (χ1) is 18.2. The van der Waals surface area contributed by atoms with E-state index in [0.29, 0.717) is 28.9 Å². The zero-order valence-electron chi connectivity index (χ0n) is 24.1. The molecule has 2 aromatic carbocycles. The van der Waals surface area contributed by atoms with Gasteiger partial charge in [0.05, 0.1) is 28.5 Å². The number of hydrogen-bond acceptors (Lipinski definition) is 5. The lowest BCUT2D eigenvalue weighted by atomic mass is 9.65. The molecular weight excluding hydrogens is 508 g/mol. The summed E-state index contributed by atoms with van der Waals surface area (Å²) in [7, 11) is -3.44. The first-order valence-corrected chi connectivity index (χ1v) is 15.6. The molecule has 2 N–H and O–H groups in total. The summed E-state index contributed by atoms with van der Waals surface area (Å²) in [5.74, 6) is 0.00549. The Morgan fingerprint density at radius 3 is 2.33 bits per heavy atom. The normalized spacial score (nSPS) is 18.1. The number of nitrogens with zero attached hydrogens (tertiary/aromatic N) is 1. The maximum absolute atomic E-state index is 14.4. The summed E-state index contributed by atoms with van der Waals surface area (Å²) in [5.41, 5.74) is 3.55. The third-order valence-electron chi connectivity index (χ3n) is 7.94. The SMILES string of the molecule is CCC(CC)c1cc(C2=C(O)c3ccccc3[C@@](C)(CCC(C)(C)C)C2=O)nc2ccc(NS(C)(=O)=O)cc12. The maximum Gasteiger partial charge on any atom is 0.229 e. The van der Waals surface area contributed by atoms with Crippen molar-refractivity contribution in [3.05, 3.63) is 70.9 Å². The number of sulfonamides is 1. The van der Waals surface area contributed by atoms with Gasteiger partial charge in [-0.15, -0.1) is 0 Å². The summed E-state index contributed by atoms with van der Waals surface area (Å²) in [5, 5.41) is 12.4. The Morgan fingerprint density at radius 2 is 1.72 bits per heavy atom. The van der Waals surface area contributed by atoms with Gasteiger partial charge in [0.1, 0.15) is 5.76 Å². The number of anilines is 1. The van der Waals surface area contributed by atoms with Gasteiger partial charge >= 0.3 is 0 Å². The molecule has 7 heteroatoms. The number of Topliss-reactive ketones (excluding diaryl/α,β-unsaturated/α-hetero) is 1. The number of aliphatic hydroxyl groups is 1. The van der Waals surface area contributed by atoms with Crippen LogP contribution in [0.2, 0.25) is 0 Å². The van der Waals surface area contributed by atoms with Crippen molar-refractivity contribution in [1.82, 2.24) is 4.98 Å². The molecule has 0 spiro atoms. The van der Waals surface area contributed by atoms with Crippen molar-refractivity contribution in [3.63, 3.8) is 0 Å². The molecule has 0 saturated carbocycles. The first kappa shape index (κ1) is 28.8. The van der Waals surface area contributed by atoms with E-state index in [1.165, 1.54) is 0 Å². The van der Waals surface area contributed by atoms with Crippen molar-refractivity contribution in [3.8, 4) is 0 Å². The number of aromatic nitrogens is 1. The highest BCUT2D eigenvalue weighted by Gasteiger charge is 2.45. The number of benzene rings is 2. The minimum atomic E-state index is -3.44. The summed E-state index contributed by atoms with van der Waals surface area (Å²) < 4.78 is 26.3.